The van der Waals surface area contributed by atoms with Crippen molar-refractivity contribution in [1.29, 1.82) is 0 Å². The van der Waals surface area contributed by atoms with E-state index in [0.717, 1.165) is 18.4 Å². The van der Waals surface area contributed by atoms with E-state index in [1.807, 2.05) is 19.1 Å². The highest BCUT2D eigenvalue weighted by molar-refractivity contribution is 7.89. The molecule has 30 heavy (non-hydrogen) atoms. The van der Waals surface area contributed by atoms with Crippen LogP contribution in [0.4, 0.5) is 5.69 Å². The van der Waals surface area contributed by atoms with Gasteiger partial charge in [0.25, 0.3) is 5.91 Å². The van der Waals surface area contributed by atoms with Crippen LogP contribution >= 0.6 is 0 Å². The molecule has 0 spiro atoms. The van der Waals surface area contributed by atoms with Crippen LogP contribution in [0.1, 0.15) is 18.4 Å². The number of ether oxygens (including phenoxy) is 3. The van der Waals surface area contributed by atoms with Gasteiger partial charge in [-0.15, -0.1) is 0 Å². The smallest absolute Gasteiger partial charge is 0.262 e. The van der Waals surface area contributed by atoms with Crippen molar-refractivity contribution in [3.63, 3.8) is 0 Å². The summed E-state index contributed by atoms with van der Waals surface area (Å²) in [5, 5.41) is 2.68. The van der Waals surface area contributed by atoms with Gasteiger partial charge in [0.2, 0.25) is 10.0 Å². The van der Waals surface area contributed by atoms with Crippen LogP contribution in [0, 0.1) is 6.92 Å². The van der Waals surface area contributed by atoms with Gasteiger partial charge in [-0.05, 0) is 61.7 Å². The van der Waals surface area contributed by atoms with Crippen LogP contribution in [0.25, 0.3) is 0 Å². The Hall–Kier alpha value is -2.62. The van der Waals surface area contributed by atoms with Gasteiger partial charge in [-0.1, -0.05) is 6.07 Å². The van der Waals surface area contributed by atoms with Crippen molar-refractivity contribution in [2.24, 2.45) is 0 Å². The van der Waals surface area contributed by atoms with E-state index in [-0.39, 0.29) is 30.1 Å². The first kappa shape index (κ1) is 22.1. The van der Waals surface area contributed by atoms with E-state index in [0.29, 0.717) is 23.8 Å². The van der Waals surface area contributed by atoms with Crippen molar-refractivity contribution in [3.05, 3.63) is 48.0 Å². The van der Waals surface area contributed by atoms with Crippen molar-refractivity contribution in [3.8, 4) is 11.5 Å². The molecule has 1 atom stereocenters. The Kier molecular flexibility index (Phi) is 7.30. The molecule has 1 fully saturated rings. The number of methoxy groups -OCH3 is 1. The molecule has 1 unspecified atom stereocenters. The molecule has 0 radical (unpaired) electrons. The zero-order chi connectivity index (χ0) is 21.6. The molecule has 0 aliphatic carbocycles. The normalized spacial score (nSPS) is 16.3. The first-order valence-corrected chi connectivity index (χ1v) is 11.1. The second kappa shape index (κ2) is 9.92. The number of aryl methyl sites for hydroxylation is 1. The Balaban J connectivity index is 1.52. The molecule has 162 valence electrons. The predicted molar refractivity (Wildman–Crippen MR) is 112 cm³/mol. The van der Waals surface area contributed by atoms with Gasteiger partial charge in [-0.25, -0.2) is 13.1 Å². The van der Waals surface area contributed by atoms with Gasteiger partial charge < -0.3 is 19.5 Å². The predicted octanol–water partition coefficient (Wildman–Crippen LogP) is 2.48. The first-order chi connectivity index (χ1) is 14.4. The fraction of sp³-hybridized carbons (Fsp3) is 0.381. The summed E-state index contributed by atoms with van der Waals surface area (Å²) in [6.07, 6.45) is 1.72. The molecule has 2 N–H and O–H groups in total. The van der Waals surface area contributed by atoms with Crippen LogP contribution in [-0.4, -0.2) is 47.3 Å². The average Bonchev–Trinajstić information content (AvgIpc) is 3.25. The van der Waals surface area contributed by atoms with Crippen molar-refractivity contribution < 1.29 is 27.4 Å². The third-order valence-corrected chi connectivity index (χ3v) is 6.09. The highest BCUT2D eigenvalue weighted by Crippen LogP contribution is 2.27. The van der Waals surface area contributed by atoms with E-state index in [1.165, 1.54) is 31.4 Å². The van der Waals surface area contributed by atoms with E-state index in [2.05, 4.69) is 10.0 Å². The molecule has 2 aromatic rings. The molecule has 0 bridgehead atoms. The number of hydrogen-bond acceptors (Lipinski definition) is 6. The average molecular weight is 435 g/mol. The lowest BCUT2D eigenvalue weighted by atomic mass is 10.2. The second-order valence-electron chi connectivity index (χ2n) is 7.00. The lowest BCUT2D eigenvalue weighted by molar-refractivity contribution is -0.118. The molecule has 0 aromatic heterocycles. The Labute approximate surface area is 176 Å². The van der Waals surface area contributed by atoms with Crippen molar-refractivity contribution in [2.75, 3.05) is 32.2 Å². The molecule has 8 nitrogen and oxygen atoms in total. The van der Waals surface area contributed by atoms with Gasteiger partial charge in [0.1, 0.15) is 0 Å². The highest BCUT2D eigenvalue weighted by Gasteiger charge is 2.20. The van der Waals surface area contributed by atoms with E-state index >= 15 is 0 Å². The number of rotatable bonds is 9. The van der Waals surface area contributed by atoms with E-state index < -0.39 is 10.0 Å². The van der Waals surface area contributed by atoms with Crippen LogP contribution in [0.15, 0.2) is 47.4 Å². The lowest BCUT2D eigenvalue weighted by Crippen LogP contribution is -2.31. The van der Waals surface area contributed by atoms with Crippen LogP contribution in [0.2, 0.25) is 0 Å². The minimum atomic E-state index is -3.63. The molecule has 3 rings (SSSR count). The molecule has 1 amide bonds. The topological polar surface area (TPSA) is 103 Å². The maximum Gasteiger partial charge on any atom is 0.262 e. The fourth-order valence-electron chi connectivity index (χ4n) is 3.04. The summed E-state index contributed by atoms with van der Waals surface area (Å²) in [5.74, 6) is 0.648. The Morgan fingerprint density at radius 3 is 2.60 bits per heavy atom. The zero-order valence-electron chi connectivity index (χ0n) is 17.0. The summed E-state index contributed by atoms with van der Waals surface area (Å²) >= 11 is 0. The summed E-state index contributed by atoms with van der Waals surface area (Å²) in [4.78, 5) is 12.3. The van der Waals surface area contributed by atoms with Gasteiger partial charge >= 0.3 is 0 Å². The lowest BCUT2D eigenvalue weighted by Gasteiger charge is -2.13. The van der Waals surface area contributed by atoms with Gasteiger partial charge in [-0.2, -0.15) is 0 Å². The molecule has 1 saturated heterocycles. The Morgan fingerprint density at radius 2 is 1.93 bits per heavy atom. The molecule has 1 aliphatic rings. The van der Waals surface area contributed by atoms with E-state index in [4.69, 9.17) is 14.2 Å². The number of anilines is 1. The minimum absolute atomic E-state index is 0.0782. The largest absolute Gasteiger partial charge is 0.493 e. The number of amides is 1. The van der Waals surface area contributed by atoms with Crippen LogP contribution in [-0.2, 0) is 19.6 Å². The van der Waals surface area contributed by atoms with Crippen LogP contribution < -0.4 is 19.5 Å². The number of nitrogens with one attached hydrogen (secondary N) is 2. The molecular formula is C21H26N2O6S. The third kappa shape index (κ3) is 5.94. The van der Waals surface area contributed by atoms with E-state index in [1.54, 1.807) is 6.07 Å². The van der Waals surface area contributed by atoms with Crippen LogP contribution in [0.3, 0.4) is 0 Å². The van der Waals surface area contributed by atoms with Gasteiger partial charge in [0.05, 0.1) is 18.1 Å². The van der Waals surface area contributed by atoms with Gasteiger partial charge in [0, 0.05) is 18.8 Å². The van der Waals surface area contributed by atoms with Gasteiger partial charge in [-0.3, -0.25) is 4.79 Å². The molecular weight excluding hydrogens is 408 g/mol. The second-order valence-corrected chi connectivity index (χ2v) is 8.77. The summed E-state index contributed by atoms with van der Waals surface area (Å²) in [7, 11) is -2.10. The van der Waals surface area contributed by atoms with Crippen LogP contribution in [0.5, 0.6) is 11.5 Å². The minimum Gasteiger partial charge on any atom is -0.493 e. The maximum absolute atomic E-state index is 12.4. The molecule has 2 aromatic carbocycles. The Bertz CT molecular complexity index is 969. The summed E-state index contributed by atoms with van der Waals surface area (Å²) < 4.78 is 43.5. The number of sulfonamides is 1. The molecule has 1 aliphatic heterocycles. The molecule has 1 heterocycles. The molecule has 0 saturated carbocycles. The highest BCUT2D eigenvalue weighted by atomic mass is 32.2. The monoisotopic (exact) mass is 434 g/mol. The van der Waals surface area contributed by atoms with Crippen molar-refractivity contribution in [2.45, 2.75) is 30.8 Å². The third-order valence-electron chi connectivity index (χ3n) is 4.65. The number of carbonyl (C=O) groups excluding carboxylic acids is 1. The molecule has 9 heteroatoms. The SMILES string of the molecule is COc1cc(C)ccc1OCC(=O)Nc1ccc(S(=O)(=O)NCC2CCCO2)cc1. The number of hydrogen-bond donors (Lipinski definition) is 2. The quantitative estimate of drug-likeness (QED) is 0.629. The number of benzene rings is 2. The fourth-order valence-corrected chi connectivity index (χ4v) is 4.11. The summed E-state index contributed by atoms with van der Waals surface area (Å²) in [6, 6.07) is 11.4. The van der Waals surface area contributed by atoms with Crippen molar-refractivity contribution in [1.82, 2.24) is 4.72 Å². The maximum atomic E-state index is 12.4. The zero-order valence-corrected chi connectivity index (χ0v) is 17.8. The van der Waals surface area contributed by atoms with E-state index in [9.17, 15) is 13.2 Å². The summed E-state index contributed by atoms with van der Waals surface area (Å²) in [5.41, 5.74) is 1.49. The number of carbonyl (C=O) groups is 1. The van der Waals surface area contributed by atoms with Gasteiger partial charge in [0.15, 0.2) is 18.1 Å². The summed E-state index contributed by atoms with van der Waals surface area (Å²) in [6.45, 7) is 2.64. The standard InChI is InChI=1S/C21H26N2O6S/c1-15-5-10-19(20(12-15)27-2)29-14-21(24)23-16-6-8-18(9-7-16)30(25,26)22-13-17-4-3-11-28-17/h5-10,12,17,22H,3-4,11,13-14H2,1-2H3,(H,23,24). The van der Waals surface area contributed by atoms with Crippen molar-refractivity contribution >= 4 is 21.6 Å². The Morgan fingerprint density at radius 1 is 1.17 bits per heavy atom. The first-order valence-electron chi connectivity index (χ1n) is 9.66.